The first-order valence-corrected chi connectivity index (χ1v) is 8.12. The Balaban J connectivity index is 1.85. The first kappa shape index (κ1) is 14.4. The van der Waals surface area contributed by atoms with Crippen molar-refractivity contribution in [2.24, 2.45) is 0 Å². The summed E-state index contributed by atoms with van der Waals surface area (Å²) in [6.07, 6.45) is 2.06. The van der Waals surface area contributed by atoms with Crippen molar-refractivity contribution in [1.29, 1.82) is 0 Å². The lowest BCUT2D eigenvalue weighted by Gasteiger charge is -2.04. The summed E-state index contributed by atoms with van der Waals surface area (Å²) in [7, 11) is 1.95. The molecule has 0 aliphatic rings. The van der Waals surface area contributed by atoms with Gasteiger partial charge in [-0.1, -0.05) is 41.6 Å². The Morgan fingerprint density at radius 3 is 2.76 bits per heavy atom. The van der Waals surface area contributed by atoms with Crippen molar-refractivity contribution in [2.75, 3.05) is 7.05 Å². The smallest absolute Gasteiger partial charge is 0.138 e. The van der Waals surface area contributed by atoms with Gasteiger partial charge in [0.05, 0.1) is 5.69 Å². The van der Waals surface area contributed by atoms with E-state index < -0.39 is 0 Å². The van der Waals surface area contributed by atoms with Crippen LogP contribution in [0.2, 0.25) is 5.02 Å². The van der Waals surface area contributed by atoms with Crippen molar-refractivity contribution in [1.82, 2.24) is 14.7 Å². The molecule has 3 rings (SSSR count). The Bertz CT molecular complexity index is 737. The van der Waals surface area contributed by atoms with Crippen molar-refractivity contribution >= 4 is 29.0 Å². The van der Waals surface area contributed by atoms with E-state index in [-0.39, 0.29) is 0 Å². The first-order valence-electron chi connectivity index (χ1n) is 6.76. The SMILES string of the molecule is CNCc1c(SCc2ccc(Cl)cc2)nc2ccccn12. The lowest BCUT2D eigenvalue weighted by atomic mass is 10.2. The molecule has 0 radical (unpaired) electrons. The molecule has 0 atom stereocenters. The molecule has 1 aromatic carbocycles. The van der Waals surface area contributed by atoms with E-state index in [2.05, 4.69) is 28.0 Å². The van der Waals surface area contributed by atoms with Crippen LogP contribution >= 0.6 is 23.4 Å². The zero-order chi connectivity index (χ0) is 14.7. The fourth-order valence-electron chi connectivity index (χ4n) is 2.20. The maximum Gasteiger partial charge on any atom is 0.138 e. The van der Waals surface area contributed by atoms with Gasteiger partial charge in [-0.05, 0) is 36.9 Å². The fraction of sp³-hybridized carbons (Fsp3) is 0.188. The van der Waals surface area contributed by atoms with E-state index >= 15 is 0 Å². The molecule has 0 fully saturated rings. The van der Waals surface area contributed by atoms with E-state index in [1.807, 2.05) is 37.4 Å². The number of imidazole rings is 1. The molecule has 21 heavy (non-hydrogen) atoms. The average molecular weight is 318 g/mol. The third-order valence-electron chi connectivity index (χ3n) is 3.23. The van der Waals surface area contributed by atoms with Gasteiger partial charge in [-0.25, -0.2) is 4.98 Å². The van der Waals surface area contributed by atoms with Crippen LogP contribution in [0.5, 0.6) is 0 Å². The van der Waals surface area contributed by atoms with Gasteiger partial charge < -0.3 is 9.72 Å². The molecule has 3 nitrogen and oxygen atoms in total. The zero-order valence-corrected chi connectivity index (χ0v) is 13.3. The molecule has 0 aliphatic heterocycles. The molecular formula is C16H16ClN3S. The molecule has 0 saturated carbocycles. The molecule has 0 saturated heterocycles. The minimum atomic E-state index is 0.771. The number of hydrogen-bond donors (Lipinski definition) is 1. The summed E-state index contributed by atoms with van der Waals surface area (Å²) in [6.45, 7) is 0.800. The highest BCUT2D eigenvalue weighted by molar-refractivity contribution is 7.98. The van der Waals surface area contributed by atoms with E-state index in [9.17, 15) is 0 Å². The molecule has 2 heterocycles. The van der Waals surface area contributed by atoms with Crippen LogP contribution in [0.4, 0.5) is 0 Å². The number of benzene rings is 1. The Morgan fingerprint density at radius 1 is 1.19 bits per heavy atom. The molecule has 0 amide bonds. The van der Waals surface area contributed by atoms with Crippen molar-refractivity contribution in [2.45, 2.75) is 17.3 Å². The van der Waals surface area contributed by atoms with E-state index in [0.717, 1.165) is 28.0 Å². The molecule has 0 spiro atoms. The highest BCUT2D eigenvalue weighted by Gasteiger charge is 2.11. The number of fused-ring (bicyclic) bond motifs is 1. The summed E-state index contributed by atoms with van der Waals surface area (Å²) in [5.74, 6) is 0.887. The molecule has 1 N–H and O–H groups in total. The predicted octanol–water partition coefficient (Wildman–Crippen LogP) is 4.00. The van der Waals surface area contributed by atoms with Crippen molar-refractivity contribution < 1.29 is 0 Å². The zero-order valence-electron chi connectivity index (χ0n) is 11.7. The largest absolute Gasteiger partial charge is 0.314 e. The summed E-state index contributed by atoms with van der Waals surface area (Å²) in [5.41, 5.74) is 3.44. The van der Waals surface area contributed by atoms with Crippen LogP contribution < -0.4 is 5.32 Å². The van der Waals surface area contributed by atoms with Gasteiger partial charge in [0.1, 0.15) is 10.7 Å². The van der Waals surface area contributed by atoms with Crippen LogP contribution in [0.15, 0.2) is 53.7 Å². The number of nitrogens with one attached hydrogen (secondary N) is 1. The fourth-order valence-corrected chi connectivity index (χ4v) is 3.32. The van der Waals surface area contributed by atoms with Crippen LogP contribution in [0, 0.1) is 0 Å². The molecule has 3 aromatic rings. The number of hydrogen-bond acceptors (Lipinski definition) is 3. The van der Waals surface area contributed by atoms with Crippen molar-refractivity contribution in [3.8, 4) is 0 Å². The summed E-state index contributed by atoms with van der Waals surface area (Å²) in [5, 5.41) is 5.06. The van der Waals surface area contributed by atoms with Crippen LogP contribution in [0.25, 0.3) is 5.65 Å². The topological polar surface area (TPSA) is 29.3 Å². The lowest BCUT2D eigenvalue weighted by molar-refractivity contribution is 0.764. The summed E-state index contributed by atoms with van der Waals surface area (Å²) < 4.78 is 2.14. The van der Waals surface area contributed by atoms with Gasteiger partial charge in [-0.15, -0.1) is 0 Å². The molecule has 108 valence electrons. The quantitative estimate of drug-likeness (QED) is 0.721. The summed E-state index contributed by atoms with van der Waals surface area (Å²) in [4.78, 5) is 4.72. The van der Waals surface area contributed by atoms with Crippen LogP contribution in [0.1, 0.15) is 11.3 Å². The second-order valence-electron chi connectivity index (χ2n) is 4.74. The van der Waals surface area contributed by atoms with Gasteiger partial charge in [-0.3, -0.25) is 0 Å². The lowest BCUT2D eigenvalue weighted by Crippen LogP contribution is -2.08. The number of nitrogens with zero attached hydrogens (tertiary/aromatic N) is 2. The summed E-state index contributed by atoms with van der Waals surface area (Å²) >= 11 is 7.67. The molecule has 0 unspecified atom stereocenters. The Labute approximate surface area is 133 Å². The number of thioether (sulfide) groups is 1. The predicted molar refractivity (Wildman–Crippen MR) is 89.0 cm³/mol. The van der Waals surface area contributed by atoms with E-state index in [1.165, 1.54) is 11.3 Å². The van der Waals surface area contributed by atoms with Crippen LogP contribution in [-0.2, 0) is 12.3 Å². The van der Waals surface area contributed by atoms with Gasteiger partial charge in [0.2, 0.25) is 0 Å². The normalized spacial score (nSPS) is 11.1. The van der Waals surface area contributed by atoms with E-state index in [0.29, 0.717) is 0 Å². The highest BCUT2D eigenvalue weighted by atomic mass is 35.5. The average Bonchev–Trinajstić information content (AvgIpc) is 2.85. The Hall–Kier alpha value is -1.49. The minimum Gasteiger partial charge on any atom is -0.314 e. The van der Waals surface area contributed by atoms with Crippen molar-refractivity contribution in [3.63, 3.8) is 0 Å². The van der Waals surface area contributed by atoms with E-state index in [1.54, 1.807) is 11.8 Å². The number of aromatic nitrogens is 2. The standard InChI is InChI=1S/C16H16ClN3S/c1-18-10-14-16(19-15-4-2-3-9-20(14)15)21-11-12-5-7-13(17)8-6-12/h2-9,18H,10-11H2,1H3. The van der Waals surface area contributed by atoms with Crippen LogP contribution in [-0.4, -0.2) is 16.4 Å². The third kappa shape index (κ3) is 3.23. The van der Waals surface area contributed by atoms with Gasteiger partial charge in [-0.2, -0.15) is 0 Å². The molecule has 2 aromatic heterocycles. The second kappa shape index (κ2) is 6.52. The van der Waals surface area contributed by atoms with Crippen molar-refractivity contribution in [3.05, 3.63) is 64.9 Å². The summed E-state index contributed by atoms with van der Waals surface area (Å²) in [6, 6.07) is 14.0. The molecular weight excluding hydrogens is 302 g/mol. The maximum atomic E-state index is 5.92. The molecule has 0 bridgehead atoms. The molecule has 5 heteroatoms. The molecule has 0 aliphatic carbocycles. The van der Waals surface area contributed by atoms with E-state index in [4.69, 9.17) is 16.6 Å². The van der Waals surface area contributed by atoms with Gasteiger partial charge in [0.25, 0.3) is 0 Å². The Kier molecular flexibility index (Phi) is 4.48. The van der Waals surface area contributed by atoms with Crippen LogP contribution in [0.3, 0.4) is 0 Å². The van der Waals surface area contributed by atoms with Gasteiger partial charge >= 0.3 is 0 Å². The first-order chi connectivity index (χ1) is 10.3. The number of pyridine rings is 1. The number of rotatable bonds is 5. The second-order valence-corrected chi connectivity index (χ2v) is 6.14. The van der Waals surface area contributed by atoms with Gasteiger partial charge in [0, 0.05) is 23.5 Å². The Morgan fingerprint density at radius 2 is 2.00 bits per heavy atom. The minimum absolute atomic E-state index is 0.771. The van der Waals surface area contributed by atoms with Gasteiger partial charge in [0.15, 0.2) is 0 Å². The number of halogens is 1. The monoisotopic (exact) mass is 317 g/mol. The third-order valence-corrected chi connectivity index (χ3v) is 4.56. The highest BCUT2D eigenvalue weighted by Crippen LogP contribution is 2.27. The maximum absolute atomic E-state index is 5.92.